The number of anilines is 1. The van der Waals surface area contributed by atoms with Crippen molar-refractivity contribution >= 4 is 22.8 Å². The predicted octanol–water partition coefficient (Wildman–Crippen LogP) is 5.20. The largest absolute Gasteiger partial charge is 0.444 e. The highest BCUT2D eigenvalue weighted by Crippen LogP contribution is 2.27. The van der Waals surface area contributed by atoms with Crippen molar-refractivity contribution in [1.29, 1.82) is 0 Å². The lowest BCUT2D eigenvalue weighted by atomic mass is 9.92. The molecule has 33 heavy (non-hydrogen) atoms. The lowest BCUT2D eigenvalue weighted by Gasteiger charge is -2.35. The molecule has 0 saturated carbocycles. The van der Waals surface area contributed by atoms with Gasteiger partial charge in [-0.05, 0) is 69.4 Å². The molecule has 0 aromatic carbocycles. The Kier molecular flexibility index (Phi) is 6.49. The second-order valence-corrected chi connectivity index (χ2v) is 10.2. The maximum atomic E-state index is 11.9. The summed E-state index contributed by atoms with van der Waals surface area (Å²) in [6.45, 7) is 12.5. The van der Waals surface area contributed by atoms with Gasteiger partial charge in [-0.25, -0.2) is 14.8 Å². The number of aromatic nitrogens is 3. The van der Waals surface area contributed by atoms with E-state index in [0.717, 1.165) is 46.9 Å². The summed E-state index contributed by atoms with van der Waals surface area (Å²) in [4.78, 5) is 28.5. The standard InChI is InChI=1S/C26H33N5O2/c1-17-11-18(2)16-31(15-17)24-8-6-7-21(30-24)22-10-9-19-13-27-20(12-23(19)29-22)14-28-25(32)33-26(3,4)5/h6-10,12-13,17-18H,11,14-16H2,1-5H3,(H,28,32). The highest BCUT2D eigenvalue weighted by molar-refractivity contribution is 5.81. The number of nitrogens with zero attached hydrogens (tertiary/aromatic N) is 4. The van der Waals surface area contributed by atoms with Crippen LogP contribution < -0.4 is 10.2 Å². The molecule has 4 rings (SSSR count). The molecule has 2 unspecified atom stereocenters. The molecule has 0 radical (unpaired) electrons. The minimum absolute atomic E-state index is 0.274. The van der Waals surface area contributed by atoms with Gasteiger partial charge in [0.25, 0.3) is 0 Å². The van der Waals surface area contributed by atoms with Crippen LogP contribution in [-0.4, -0.2) is 39.7 Å². The van der Waals surface area contributed by atoms with Crippen LogP contribution in [-0.2, 0) is 11.3 Å². The van der Waals surface area contributed by atoms with Gasteiger partial charge in [-0.15, -0.1) is 0 Å². The average Bonchev–Trinajstić information content (AvgIpc) is 2.75. The second kappa shape index (κ2) is 9.33. The van der Waals surface area contributed by atoms with Gasteiger partial charge in [0.15, 0.2) is 0 Å². The Morgan fingerprint density at radius 3 is 2.55 bits per heavy atom. The van der Waals surface area contributed by atoms with Crippen molar-refractivity contribution in [2.45, 2.75) is 53.2 Å². The number of hydrogen-bond donors (Lipinski definition) is 1. The number of rotatable bonds is 4. The number of carbonyl (C=O) groups excluding carboxylic acids is 1. The summed E-state index contributed by atoms with van der Waals surface area (Å²) in [5.74, 6) is 2.33. The number of carbonyl (C=O) groups is 1. The van der Waals surface area contributed by atoms with Gasteiger partial charge < -0.3 is 15.0 Å². The molecule has 1 aliphatic rings. The Morgan fingerprint density at radius 1 is 1.09 bits per heavy atom. The van der Waals surface area contributed by atoms with Crippen LogP contribution in [0, 0.1) is 11.8 Å². The van der Waals surface area contributed by atoms with E-state index in [0.29, 0.717) is 11.8 Å². The van der Waals surface area contributed by atoms with Crippen molar-refractivity contribution in [3.8, 4) is 11.4 Å². The van der Waals surface area contributed by atoms with Crippen LogP contribution in [0.5, 0.6) is 0 Å². The first-order chi connectivity index (χ1) is 15.7. The van der Waals surface area contributed by atoms with E-state index >= 15 is 0 Å². The molecule has 174 valence electrons. The van der Waals surface area contributed by atoms with Gasteiger partial charge in [0, 0.05) is 24.7 Å². The maximum absolute atomic E-state index is 11.9. The fourth-order valence-corrected chi connectivity index (χ4v) is 4.37. The highest BCUT2D eigenvalue weighted by Gasteiger charge is 2.23. The molecule has 0 aliphatic carbocycles. The molecule has 0 spiro atoms. The number of alkyl carbamates (subject to hydrolysis) is 1. The average molecular weight is 448 g/mol. The summed E-state index contributed by atoms with van der Waals surface area (Å²) in [5, 5.41) is 3.69. The molecule has 7 heteroatoms. The molecule has 1 amide bonds. The Labute approximate surface area is 195 Å². The number of piperidine rings is 1. The van der Waals surface area contributed by atoms with Gasteiger partial charge in [0.2, 0.25) is 0 Å². The topological polar surface area (TPSA) is 80.2 Å². The molecule has 1 fully saturated rings. The van der Waals surface area contributed by atoms with E-state index in [-0.39, 0.29) is 6.54 Å². The third-order valence-electron chi connectivity index (χ3n) is 5.63. The molecule has 4 heterocycles. The lowest BCUT2D eigenvalue weighted by Crippen LogP contribution is -2.39. The van der Waals surface area contributed by atoms with E-state index < -0.39 is 11.7 Å². The molecule has 2 atom stereocenters. The molecule has 3 aromatic heterocycles. The molecule has 1 N–H and O–H groups in total. The summed E-state index contributed by atoms with van der Waals surface area (Å²) >= 11 is 0. The van der Waals surface area contributed by atoms with Gasteiger partial charge in [-0.2, -0.15) is 0 Å². The third-order valence-corrected chi connectivity index (χ3v) is 5.63. The molecule has 1 aliphatic heterocycles. The molecular formula is C26H33N5O2. The quantitative estimate of drug-likeness (QED) is 0.592. The molecular weight excluding hydrogens is 414 g/mol. The maximum Gasteiger partial charge on any atom is 0.407 e. The van der Waals surface area contributed by atoms with E-state index in [9.17, 15) is 4.79 Å². The minimum atomic E-state index is -0.539. The first kappa shape index (κ1) is 23.0. The molecule has 7 nitrogen and oxygen atoms in total. The zero-order chi connectivity index (χ0) is 23.6. The SMILES string of the molecule is CC1CC(C)CN(c2cccc(-c3ccc4cnc(CNC(=O)OC(C)(C)C)cc4n3)n2)C1. The van der Waals surface area contributed by atoms with Gasteiger partial charge >= 0.3 is 6.09 Å². The van der Waals surface area contributed by atoms with Crippen LogP contribution in [0.15, 0.2) is 42.6 Å². The van der Waals surface area contributed by atoms with E-state index in [4.69, 9.17) is 14.7 Å². The Balaban J connectivity index is 1.53. The first-order valence-electron chi connectivity index (χ1n) is 11.6. The predicted molar refractivity (Wildman–Crippen MR) is 131 cm³/mol. The van der Waals surface area contributed by atoms with E-state index in [1.165, 1.54) is 6.42 Å². The van der Waals surface area contributed by atoms with Gasteiger partial charge in [0.1, 0.15) is 11.4 Å². The van der Waals surface area contributed by atoms with Crippen LogP contribution in [0.3, 0.4) is 0 Å². The summed E-state index contributed by atoms with van der Waals surface area (Å²) < 4.78 is 5.29. The van der Waals surface area contributed by atoms with Gasteiger partial charge in [-0.1, -0.05) is 19.9 Å². The summed E-state index contributed by atoms with van der Waals surface area (Å²) in [5.41, 5.74) is 2.67. The van der Waals surface area contributed by atoms with E-state index in [1.807, 2.05) is 45.0 Å². The number of fused-ring (bicyclic) bond motifs is 1. The zero-order valence-corrected chi connectivity index (χ0v) is 20.1. The fraction of sp³-hybridized carbons (Fsp3) is 0.462. The Hall–Kier alpha value is -3.22. The van der Waals surface area contributed by atoms with Gasteiger partial charge in [-0.3, -0.25) is 4.98 Å². The van der Waals surface area contributed by atoms with E-state index in [2.05, 4.69) is 41.2 Å². The van der Waals surface area contributed by atoms with Crippen molar-refractivity contribution in [3.05, 3.63) is 48.3 Å². The minimum Gasteiger partial charge on any atom is -0.444 e. The van der Waals surface area contributed by atoms with Crippen molar-refractivity contribution < 1.29 is 9.53 Å². The fourth-order valence-electron chi connectivity index (χ4n) is 4.37. The number of nitrogens with one attached hydrogen (secondary N) is 1. The monoisotopic (exact) mass is 447 g/mol. The summed E-state index contributed by atoms with van der Waals surface area (Å²) in [6, 6.07) is 12.0. The summed E-state index contributed by atoms with van der Waals surface area (Å²) in [7, 11) is 0. The van der Waals surface area contributed by atoms with Crippen molar-refractivity contribution in [3.63, 3.8) is 0 Å². The van der Waals surface area contributed by atoms with Gasteiger partial charge in [0.05, 0.1) is 29.1 Å². The zero-order valence-electron chi connectivity index (χ0n) is 20.1. The van der Waals surface area contributed by atoms with Crippen LogP contribution in [0.4, 0.5) is 10.6 Å². The van der Waals surface area contributed by atoms with Crippen molar-refractivity contribution in [2.75, 3.05) is 18.0 Å². The molecule has 0 bridgehead atoms. The number of hydrogen-bond acceptors (Lipinski definition) is 6. The third kappa shape index (κ3) is 5.97. The van der Waals surface area contributed by atoms with Crippen LogP contribution in [0.25, 0.3) is 22.3 Å². The number of pyridine rings is 3. The van der Waals surface area contributed by atoms with Crippen molar-refractivity contribution in [2.24, 2.45) is 11.8 Å². The lowest BCUT2D eigenvalue weighted by molar-refractivity contribution is 0.0523. The second-order valence-electron chi connectivity index (χ2n) is 10.2. The Morgan fingerprint density at radius 2 is 1.82 bits per heavy atom. The number of ether oxygens (including phenoxy) is 1. The van der Waals surface area contributed by atoms with Crippen molar-refractivity contribution in [1.82, 2.24) is 20.3 Å². The molecule has 1 saturated heterocycles. The normalized spacial score (nSPS) is 18.9. The number of amides is 1. The van der Waals surface area contributed by atoms with Crippen LogP contribution in [0.1, 0.15) is 46.7 Å². The summed E-state index contributed by atoms with van der Waals surface area (Å²) in [6.07, 6.45) is 2.58. The molecule has 3 aromatic rings. The highest BCUT2D eigenvalue weighted by atomic mass is 16.6. The Bertz CT molecular complexity index is 1130. The van der Waals surface area contributed by atoms with Crippen LogP contribution >= 0.6 is 0 Å². The van der Waals surface area contributed by atoms with Crippen LogP contribution in [0.2, 0.25) is 0 Å². The smallest absolute Gasteiger partial charge is 0.407 e. The first-order valence-corrected chi connectivity index (χ1v) is 11.6. The van der Waals surface area contributed by atoms with E-state index in [1.54, 1.807) is 6.20 Å².